The van der Waals surface area contributed by atoms with Gasteiger partial charge >= 0.3 is 0 Å². The van der Waals surface area contributed by atoms with Crippen LogP contribution in [-0.4, -0.2) is 6.54 Å². The number of halogens is 1. The molecule has 1 aliphatic rings. The van der Waals surface area contributed by atoms with Crippen molar-refractivity contribution >= 4 is 15.9 Å². The van der Waals surface area contributed by atoms with E-state index in [9.17, 15) is 0 Å². The van der Waals surface area contributed by atoms with Crippen molar-refractivity contribution < 1.29 is 0 Å². The summed E-state index contributed by atoms with van der Waals surface area (Å²) in [5.41, 5.74) is 1.67. The first-order valence-electron chi connectivity index (χ1n) is 6.78. The average Bonchev–Trinajstić information content (AvgIpc) is 2.56. The molecule has 0 bridgehead atoms. The highest BCUT2D eigenvalue weighted by Crippen LogP contribution is 2.35. The summed E-state index contributed by atoms with van der Waals surface area (Å²) < 4.78 is 1.19. The molecule has 1 fully saturated rings. The van der Waals surface area contributed by atoms with Crippen molar-refractivity contribution in [3.05, 3.63) is 34.3 Å². The zero-order chi connectivity index (χ0) is 12.1. The van der Waals surface area contributed by atoms with Gasteiger partial charge in [0.15, 0.2) is 0 Å². The van der Waals surface area contributed by atoms with Gasteiger partial charge in [0.25, 0.3) is 0 Å². The molecule has 1 heterocycles. The largest absolute Gasteiger partial charge is 0.307 e. The summed E-state index contributed by atoms with van der Waals surface area (Å²) in [5, 5.41) is 3.82. The third-order valence-corrected chi connectivity index (χ3v) is 4.29. The topological polar surface area (TPSA) is 12.0 Å². The fourth-order valence-electron chi connectivity index (χ4n) is 2.96. The van der Waals surface area contributed by atoms with Crippen LogP contribution in [0.3, 0.4) is 0 Å². The summed E-state index contributed by atoms with van der Waals surface area (Å²) in [5.74, 6) is 0. The van der Waals surface area contributed by atoms with Crippen molar-refractivity contribution in [2.45, 2.75) is 51.0 Å². The molecular weight excluding hydrogens is 274 g/mol. The third-order valence-electron chi connectivity index (χ3n) is 3.80. The minimum atomic E-state index is 0.217. The van der Waals surface area contributed by atoms with Crippen LogP contribution < -0.4 is 5.32 Å². The van der Waals surface area contributed by atoms with Crippen molar-refractivity contribution in [3.63, 3.8) is 0 Å². The predicted octanol–water partition coefficient (Wildman–Crippen LogP) is 4.61. The summed E-state index contributed by atoms with van der Waals surface area (Å²) in [6, 6.07) is 8.83. The Hall–Kier alpha value is -0.340. The Morgan fingerprint density at radius 3 is 2.94 bits per heavy atom. The van der Waals surface area contributed by atoms with E-state index in [-0.39, 0.29) is 5.54 Å². The van der Waals surface area contributed by atoms with Gasteiger partial charge in [0.1, 0.15) is 0 Å². The molecule has 0 aliphatic carbocycles. The molecule has 17 heavy (non-hydrogen) atoms. The predicted molar refractivity (Wildman–Crippen MR) is 77.2 cm³/mol. The Balaban J connectivity index is 2.31. The molecular formula is C15H22BrN. The molecule has 2 rings (SSSR count). The van der Waals surface area contributed by atoms with Gasteiger partial charge in [0.2, 0.25) is 0 Å². The van der Waals surface area contributed by atoms with Crippen molar-refractivity contribution in [1.29, 1.82) is 0 Å². The lowest BCUT2D eigenvalue weighted by atomic mass is 9.82. The van der Waals surface area contributed by atoms with E-state index in [1.807, 2.05) is 0 Å². The van der Waals surface area contributed by atoms with E-state index in [1.54, 1.807) is 0 Å². The maximum absolute atomic E-state index is 3.82. The summed E-state index contributed by atoms with van der Waals surface area (Å²) in [6.45, 7) is 3.44. The van der Waals surface area contributed by atoms with E-state index in [1.165, 1.54) is 48.6 Å². The molecule has 0 radical (unpaired) electrons. The molecule has 1 unspecified atom stereocenters. The number of benzene rings is 1. The molecule has 2 heteroatoms. The zero-order valence-electron chi connectivity index (χ0n) is 10.6. The maximum Gasteiger partial charge on any atom is 0.0434 e. The van der Waals surface area contributed by atoms with E-state index in [0.717, 1.165) is 6.54 Å². The Kier molecular flexibility index (Phi) is 4.63. The van der Waals surface area contributed by atoms with Crippen LogP contribution in [0.25, 0.3) is 0 Å². The Bertz CT molecular complexity index is 354. The van der Waals surface area contributed by atoms with Gasteiger partial charge in [0, 0.05) is 10.0 Å². The van der Waals surface area contributed by atoms with Gasteiger partial charge in [-0.15, -0.1) is 0 Å². The highest BCUT2D eigenvalue weighted by atomic mass is 79.9. The van der Waals surface area contributed by atoms with Crippen LogP contribution in [0, 0.1) is 0 Å². The van der Waals surface area contributed by atoms with Crippen molar-refractivity contribution in [3.8, 4) is 0 Å². The molecule has 1 aromatic rings. The fraction of sp³-hybridized carbons (Fsp3) is 0.600. The van der Waals surface area contributed by atoms with E-state index in [0.29, 0.717) is 0 Å². The molecule has 0 amide bonds. The van der Waals surface area contributed by atoms with Gasteiger partial charge < -0.3 is 5.32 Å². The van der Waals surface area contributed by atoms with Gasteiger partial charge in [-0.3, -0.25) is 0 Å². The van der Waals surface area contributed by atoms with Crippen LogP contribution >= 0.6 is 15.9 Å². The van der Waals surface area contributed by atoms with Gasteiger partial charge in [0.05, 0.1) is 0 Å². The first kappa shape index (κ1) is 13.1. The summed E-state index contributed by atoms with van der Waals surface area (Å²) in [4.78, 5) is 0. The average molecular weight is 296 g/mol. The minimum Gasteiger partial charge on any atom is -0.307 e. The number of hydrogen-bond donors (Lipinski definition) is 1. The second kappa shape index (κ2) is 6.01. The molecule has 1 N–H and O–H groups in total. The fourth-order valence-corrected chi connectivity index (χ4v) is 3.36. The highest BCUT2D eigenvalue weighted by molar-refractivity contribution is 9.10. The normalized spacial score (nSPS) is 25.5. The second-order valence-electron chi connectivity index (χ2n) is 5.08. The quantitative estimate of drug-likeness (QED) is 0.859. The lowest BCUT2D eigenvalue weighted by Gasteiger charge is -2.34. The first-order chi connectivity index (χ1) is 8.27. The first-order valence-corrected chi connectivity index (χ1v) is 7.57. The molecule has 0 spiro atoms. The van der Waals surface area contributed by atoms with Gasteiger partial charge in [-0.25, -0.2) is 0 Å². The van der Waals surface area contributed by atoms with Crippen LogP contribution in [-0.2, 0) is 5.54 Å². The number of nitrogens with one attached hydrogen (secondary N) is 1. The number of hydrogen-bond acceptors (Lipinski definition) is 1. The molecule has 1 aromatic carbocycles. The lowest BCUT2D eigenvalue weighted by Crippen LogP contribution is -2.41. The summed E-state index contributed by atoms with van der Waals surface area (Å²) >= 11 is 3.60. The second-order valence-corrected chi connectivity index (χ2v) is 6.00. The van der Waals surface area contributed by atoms with Crippen LogP contribution in [0.2, 0.25) is 0 Å². The highest BCUT2D eigenvalue weighted by Gasteiger charge is 2.31. The molecule has 1 nitrogen and oxygen atoms in total. The number of rotatable bonds is 3. The smallest absolute Gasteiger partial charge is 0.0434 e. The molecule has 94 valence electrons. The maximum atomic E-state index is 3.82. The summed E-state index contributed by atoms with van der Waals surface area (Å²) in [7, 11) is 0. The molecule has 1 aliphatic heterocycles. The Morgan fingerprint density at radius 1 is 1.29 bits per heavy atom. The molecule has 1 saturated heterocycles. The van der Waals surface area contributed by atoms with Crippen LogP contribution in [0.1, 0.15) is 51.0 Å². The van der Waals surface area contributed by atoms with E-state index in [4.69, 9.17) is 0 Å². The Morgan fingerprint density at radius 2 is 2.18 bits per heavy atom. The van der Waals surface area contributed by atoms with Crippen molar-refractivity contribution in [1.82, 2.24) is 5.32 Å². The van der Waals surface area contributed by atoms with Gasteiger partial charge in [-0.05, 0) is 43.5 Å². The summed E-state index contributed by atoms with van der Waals surface area (Å²) in [6.07, 6.45) is 7.78. The van der Waals surface area contributed by atoms with Gasteiger partial charge in [-0.2, -0.15) is 0 Å². The van der Waals surface area contributed by atoms with Crippen LogP contribution in [0.5, 0.6) is 0 Å². The third kappa shape index (κ3) is 3.11. The molecule has 1 atom stereocenters. The molecule has 0 saturated carbocycles. The van der Waals surface area contributed by atoms with E-state index in [2.05, 4.69) is 52.4 Å². The van der Waals surface area contributed by atoms with Crippen LogP contribution in [0.15, 0.2) is 28.7 Å². The minimum absolute atomic E-state index is 0.217. The van der Waals surface area contributed by atoms with E-state index < -0.39 is 0 Å². The van der Waals surface area contributed by atoms with E-state index >= 15 is 0 Å². The van der Waals surface area contributed by atoms with Crippen molar-refractivity contribution in [2.24, 2.45) is 0 Å². The van der Waals surface area contributed by atoms with Crippen LogP contribution in [0.4, 0.5) is 0 Å². The standard InChI is InChI=1S/C15H22BrN/c1-2-9-15(10-4-3-5-11-17-15)13-7-6-8-14(16)12-13/h6-8,12,17H,2-5,9-11H2,1H3. The SMILES string of the molecule is CCCC1(c2cccc(Br)c2)CCCCCN1. The van der Waals surface area contributed by atoms with Crippen molar-refractivity contribution in [2.75, 3.05) is 6.54 Å². The lowest BCUT2D eigenvalue weighted by molar-refractivity contribution is 0.297. The van der Waals surface area contributed by atoms with Gasteiger partial charge in [-0.1, -0.05) is 54.2 Å². The zero-order valence-corrected chi connectivity index (χ0v) is 12.2. The Labute approximate surface area is 113 Å². The monoisotopic (exact) mass is 295 g/mol. The molecule has 0 aromatic heterocycles.